The predicted octanol–water partition coefficient (Wildman–Crippen LogP) is 0.983. The first-order valence-corrected chi connectivity index (χ1v) is 5.86. The number of amides is 1. The zero-order chi connectivity index (χ0) is 10.1. The highest BCUT2D eigenvalue weighted by Gasteiger charge is 2.11. The molecule has 0 radical (unpaired) electrons. The van der Waals surface area contributed by atoms with E-state index in [4.69, 9.17) is 5.73 Å². The average molecular weight is 204 g/mol. The summed E-state index contributed by atoms with van der Waals surface area (Å²) in [5, 5.41) is 2.92. The van der Waals surface area contributed by atoms with Crippen LogP contribution in [0.3, 0.4) is 0 Å². The first kappa shape index (κ1) is 12.8. The molecule has 0 fully saturated rings. The number of nitrogens with two attached hydrogens (primary N) is 1. The molecule has 0 aliphatic heterocycles. The van der Waals surface area contributed by atoms with Gasteiger partial charge in [0.1, 0.15) is 0 Å². The van der Waals surface area contributed by atoms with Crippen LogP contribution in [0.4, 0.5) is 0 Å². The molecule has 0 aliphatic carbocycles. The van der Waals surface area contributed by atoms with Gasteiger partial charge in [0.25, 0.3) is 0 Å². The van der Waals surface area contributed by atoms with Crippen LogP contribution in [0.1, 0.15) is 26.7 Å². The molecular weight excluding hydrogens is 184 g/mol. The average Bonchev–Trinajstić information content (AvgIpc) is 2.14. The summed E-state index contributed by atoms with van der Waals surface area (Å²) in [6.45, 7) is 5.46. The Morgan fingerprint density at radius 1 is 1.62 bits per heavy atom. The summed E-state index contributed by atoms with van der Waals surface area (Å²) in [6.07, 6.45) is 2.17. The molecule has 0 spiro atoms. The highest BCUT2D eigenvalue weighted by molar-refractivity contribution is 8.00. The van der Waals surface area contributed by atoms with Crippen molar-refractivity contribution in [2.45, 2.75) is 31.9 Å². The van der Waals surface area contributed by atoms with E-state index in [1.165, 1.54) is 0 Å². The van der Waals surface area contributed by atoms with Crippen molar-refractivity contribution in [3.05, 3.63) is 0 Å². The van der Waals surface area contributed by atoms with Gasteiger partial charge in [-0.05, 0) is 13.3 Å². The standard InChI is InChI=1S/C9H20N2OS/c1-3-4-6-11-9(12)8(2)13-7-5-10/h8H,3-7,10H2,1-2H3,(H,11,12). The lowest BCUT2D eigenvalue weighted by atomic mass is 10.3. The number of rotatable bonds is 7. The Morgan fingerprint density at radius 3 is 2.85 bits per heavy atom. The topological polar surface area (TPSA) is 55.1 Å². The molecule has 78 valence electrons. The monoisotopic (exact) mass is 204 g/mol. The largest absolute Gasteiger partial charge is 0.355 e. The van der Waals surface area contributed by atoms with Crippen molar-refractivity contribution in [2.24, 2.45) is 5.73 Å². The van der Waals surface area contributed by atoms with Crippen molar-refractivity contribution in [2.75, 3.05) is 18.8 Å². The number of carbonyl (C=O) groups excluding carboxylic acids is 1. The Kier molecular flexibility index (Phi) is 8.24. The number of hydrogen-bond acceptors (Lipinski definition) is 3. The van der Waals surface area contributed by atoms with Gasteiger partial charge in [-0.1, -0.05) is 13.3 Å². The molecule has 0 saturated carbocycles. The second-order valence-corrected chi connectivity index (χ2v) is 4.39. The minimum absolute atomic E-state index is 0.0282. The number of hydrogen-bond donors (Lipinski definition) is 2. The van der Waals surface area contributed by atoms with Gasteiger partial charge in [0.15, 0.2) is 0 Å². The summed E-state index contributed by atoms with van der Waals surface area (Å²) in [7, 11) is 0. The zero-order valence-electron chi connectivity index (χ0n) is 8.51. The van der Waals surface area contributed by atoms with E-state index in [9.17, 15) is 4.79 Å². The molecule has 4 heteroatoms. The third-order valence-electron chi connectivity index (χ3n) is 1.68. The lowest BCUT2D eigenvalue weighted by Crippen LogP contribution is -2.32. The summed E-state index contributed by atoms with van der Waals surface area (Å²) in [6, 6.07) is 0. The molecule has 13 heavy (non-hydrogen) atoms. The van der Waals surface area contributed by atoms with Gasteiger partial charge in [-0.25, -0.2) is 0 Å². The van der Waals surface area contributed by atoms with Gasteiger partial charge in [-0.15, -0.1) is 11.8 Å². The molecule has 1 amide bonds. The van der Waals surface area contributed by atoms with Crippen molar-refractivity contribution in [1.29, 1.82) is 0 Å². The molecule has 0 rings (SSSR count). The maximum absolute atomic E-state index is 11.4. The minimum atomic E-state index is 0.0282. The molecule has 0 aromatic rings. The second kappa shape index (κ2) is 8.38. The van der Waals surface area contributed by atoms with Gasteiger partial charge in [0.05, 0.1) is 5.25 Å². The lowest BCUT2D eigenvalue weighted by Gasteiger charge is -2.10. The van der Waals surface area contributed by atoms with Gasteiger partial charge >= 0.3 is 0 Å². The second-order valence-electron chi connectivity index (χ2n) is 2.95. The molecule has 0 aromatic heterocycles. The normalized spacial score (nSPS) is 12.5. The molecule has 1 unspecified atom stereocenters. The zero-order valence-corrected chi connectivity index (χ0v) is 9.32. The molecule has 1 atom stereocenters. The van der Waals surface area contributed by atoms with Crippen molar-refractivity contribution >= 4 is 17.7 Å². The van der Waals surface area contributed by atoms with Crippen LogP contribution in [-0.2, 0) is 4.79 Å². The van der Waals surface area contributed by atoms with E-state index < -0.39 is 0 Å². The van der Waals surface area contributed by atoms with Crippen LogP contribution in [0, 0.1) is 0 Å². The van der Waals surface area contributed by atoms with E-state index in [0.717, 1.165) is 25.1 Å². The molecule has 0 bridgehead atoms. The fourth-order valence-corrected chi connectivity index (χ4v) is 1.58. The first-order valence-electron chi connectivity index (χ1n) is 4.81. The molecule has 0 aliphatic rings. The molecule has 3 nitrogen and oxygen atoms in total. The van der Waals surface area contributed by atoms with Crippen LogP contribution in [-0.4, -0.2) is 30.0 Å². The third kappa shape index (κ3) is 6.90. The van der Waals surface area contributed by atoms with Gasteiger partial charge in [0.2, 0.25) is 5.91 Å². The molecule has 3 N–H and O–H groups in total. The van der Waals surface area contributed by atoms with Crippen molar-refractivity contribution in [3.63, 3.8) is 0 Å². The SMILES string of the molecule is CCCCNC(=O)C(C)SCCN. The van der Waals surface area contributed by atoms with Crippen molar-refractivity contribution in [3.8, 4) is 0 Å². The number of thioether (sulfide) groups is 1. The summed E-state index contributed by atoms with van der Waals surface area (Å²) in [5.74, 6) is 0.981. The van der Waals surface area contributed by atoms with Gasteiger partial charge < -0.3 is 11.1 Å². The Morgan fingerprint density at radius 2 is 2.31 bits per heavy atom. The summed E-state index contributed by atoms with van der Waals surface area (Å²) >= 11 is 1.61. The van der Waals surface area contributed by atoms with E-state index in [1.807, 2.05) is 6.92 Å². The van der Waals surface area contributed by atoms with Crippen LogP contribution in [0.25, 0.3) is 0 Å². The van der Waals surface area contributed by atoms with Crippen molar-refractivity contribution in [1.82, 2.24) is 5.32 Å². The van der Waals surface area contributed by atoms with Gasteiger partial charge in [0, 0.05) is 18.8 Å². The maximum atomic E-state index is 11.4. The van der Waals surface area contributed by atoms with Crippen LogP contribution >= 0.6 is 11.8 Å². The van der Waals surface area contributed by atoms with Gasteiger partial charge in [-0.3, -0.25) is 4.79 Å². The van der Waals surface area contributed by atoms with Crippen molar-refractivity contribution < 1.29 is 4.79 Å². The number of nitrogens with one attached hydrogen (secondary N) is 1. The molecule has 0 saturated heterocycles. The highest BCUT2D eigenvalue weighted by Crippen LogP contribution is 2.08. The third-order valence-corrected chi connectivity index (χ3v) is 2.87. The van der Waals surface area contributed by atoms with Crippen LogP contribution in [0.15, 0.2) is 0 Å². The van der Waals surface area contributed by atoms with E-state index >= 15 is 0 Å². The number of unbranched alkanes of at least 4 members (excludes halogenated alkanes) is 1. The smallest absolute Gasteiger partial charge is 0.232 e. The fourth-order valence-electron chi connectivity index (χ4n) is 0.853. The minimum Gasteiger partial charge on any atom is -0.355 e. The highest BCUT2D eigenvalue weighted by atomic mass is 32.2. The van der Waals surface area contributed by atoms with Gasteiger partial charge in [-0.2, -0.15) is 0 Å². The maximum Gasteiger partial charge on any atom is 0.232 e. The molecule has 0 heterocycles. The quantitative estimate of drug-likeness (QED) is 0.608. The summed E-state index contributed by atoms with van der Waals surface area (Å²) in [4.78, 5) is 11.4. The Balaban J connectivity index is 3.45. The van der Waals surface area contributed by atoms with Crippen LogP contribution < -0.4 is 11.1 Å². The van der Waals surface area contributed by atoms with E-state index in [2.05, 4.69) is 12.2 Å². The van der Waals surface area contributed by atoms with Crippen LogP contribution in [0.5, 0.6) is 0 Å². The lowest BCUT2D eigenvalue weighted by molar-refractivity contribution is -0.120. The molecular formula is C9H20N2OS. The Hall–Kier alpha value is -0.220. The predicted molar refractivity (Wildman–Crippen MR) is 58.9 cm³/mol. The number of carbonyl (C=O) groups is 1. The Bertz CT molecular complexity index is 142. The fraction of sp³-hybridized carbons (Fsp3) is 0.889. The Labute approximate surface area is 84.8 Å². The first-order chi connectivity index (χ1) is 6.22. The molecule has 0 aromatic carbocycles. The summed E-state index contributed by atoms with van der Waals surface area (Å²) in [5.41, 5.74) is 5.35. The summed E-state index contributed by atoms with van der Waals surface area (Å²) < 4.78 is 0. The van der Waals surface area contributed by atoms with E-state index in [0.29, 0.717) is 6.54 Å². The van der Waals surface area contributed by atoms with E-state index in [1.54, 1.807) is 11.8 Å². The van der Waals surface area contributed by atoms with E-state index in [-0.39, 0.29) is 11.2 Å². The van der Waals surface area contributed by atoms with Crippen LogP contribution in [0.2, 0.25) is 0 Å².